The summed E-state index contributed by atoms with van der Waals surface area (Å²) in [7, 11) is 0. The van der Waals surface area contributed by atoms with E-state index in [1.807, 2.05) is 0 Å². The van der Waals surface area contributed by atoms with E-state index in [2.05, 4.69) is 9.47 Å². The molecule has 0 bridgehead atoms. The molecule has 0 N–H and O–H groups in total. The number of hydrogen-bond donors (Lipinski definition) is 0. The van der Waals surface area contributed by atoms with Crippen LogP contribution in [0.3, 0.4) is 0 Å². The molecule has 1 saturated heterocycles. The molecule has 0 spiro atoms. The van der Waals surface area contributed by atoms with E-state index < -0.39 is 6.56 Å². The van der Waals surface area contributed by atoms with Crippen LogP contribution >= 0.6 is 0 Å². The molecule has 0 unspecified atom stereocenters. The van der Waals surface area contributed by atoms with Gasteiger partial charge in [0.2, 0.25) is 0 Å². The fourth-order valence-electron chi connectivity index (χ4n) is 0.208. The highest BCUT2D eigenvalue weighted by atomic mass is 16.7. The molecule has 1 rings (SSSR count). The fraction of sp³-hybridized carbons (Fsp3) is 1.00. The van der Waals surface area contributed by atoms with Crippen molar-refractivity contribution < 1.29 is 12.2 Å². The second kappa shape index (κ2) is 1.38. The molecule has 1 fully saturated rings. The fourth-order valence-corrected chi connectivity index (χ4v) is 0.208. The van der Waals surface area contributed by atoms with Crippen molar-refractivity contribution in [2.24, 2.45) is 0 Å². The monoisotopic (exact) mass is 76.0 g/mol. The molecule has 0 radical (unpaired) electrons. The van der Waals surface area contributed by atoms with Gasteiger partial charge in [0.1, 0.15) is 6.79 Å². The van der Waals surface area contributed by atoms with Gasteiger partial charge in [-0.3, -0.25) is 0 Å². The van der Waals surface area contributed by atoms with Crippen LogP contribution in [0.5, 0.6) is 0 Å². The lowest BCUT2D eigenvalue weighted by Crippen LogP contribution is -1.79. The summed E-state index contributed by atoms with van der Waals surface area (Å²) in [5.41, 5.74) is 0. The molecule has 0 aromatic rings. The molecule has 0 aromatic carbocycles. The second-order valence-corrected chi connectivity index (χ2v) is 0.755. The van der Waals surface area contributed by atoms with E-state index in [1.54, 1.807) is 0 Å². The zero-order valence-electron chi connectivity index (χ0n) is 4.73. The quantitative estimate of drug-likeness (QED) is 0.404. The molecule has 0 aromatic heterocycles. The van der Waals surface area contributed by atoms with Crippen LogP contribution in [0.1, 0.15) is 2.74 Å². The maximum Gasteiger partial charge on any atom is 0.146 e. The van der Waals surface area contributed by atoms with E-state index in [-0.39, 0.29) is 13.4 Å². The minimum Gasteiger partial charge on any atom is -0.353 e. The van der Waals surface area contributed by atoms with Gasteiger partial charge < -0.3 is 9.47 Å². The van der Waals surface area contributed by atoms with Gasteiger partial charge in [-0.15, -0.1) is 0 Å². The molecule has 1 aliphatic heterocycles. The third-order valence-corrected chi connectivity index (χ3v) is 0.405. The average molecular weight is 76.1 g/mol. The van der Waals surface area contributed by atoms with Crippen LogP contribution in [0.2, 0.25) is 0 Å². The van der Waals surface area contributed by atoms with Gasteiger partial charge in [0, 0.05) is 0 Å². The lowest BCUT2D eigenvalue weighted by molar-refractivity contribution is 0.0692. The first-order chi connectivity index (χ1) is 3.21. The SMILES string of the molecule is [2H]C1([2H])COCO1. The zero-order chi connectivity index (χ0) is 5.33. The minimum absolute atomic E-state index is 0.0625. The van der Waals surface area contributed by atoms with Crippen molar-refractivity contribution in [1.82, 2.24) is 0 Å². The largest absolute Gasteiger partial charge is 0.353 e. The summed E-state index contributed by atoms with van der Waals surface area (Å²) in [6.07, 6.45) is 0. The molecule has 1 aliphatic rings. The van der Waals surface area contributed by atoms with Crippen LogP contribution in [-0.4, -0.2) is 20.0 Å². The molecule has 0 saturated carbocycles. The smallest absolute Gasteiger partial charge is 0.146 e. The average Bonchev–Trinajstić information content (AvgIpc) is 1.84. The summed E-state index contributed by atoms with van der Waals surface area (Å²) in [6.45, 7) is -1.38. The van der Waals surface area contributed by atoms with Crippen LogP contribution in [0.25, 0.3) is 0 Å². The van der Waals surface area contributed by atoms with Crippen molar-refractivity contribution in [2.45, 2.75) is 0 Å². The molecule has 30 valence electrons. The Labute approximate surface area is 33.5 Å². The van der Waals surface area contributed by atoms with Crippen LogP contribution < -0.4 is 0 Å². The van der Waals surface area contributed by atoms with Gasteiger partial charge in [-0.05, 0) is 0 Å². The van der Waals surface area contributed by atoms with Crippen LogP contribution in [-0.2, 0) is 9.47 Å². The standard InChI is InChI=1S/C3H6O2/c1-2-5-3-4-1/h1-3H2/i1D2. The molecule has 0 aliphatic carbocycles. The second-order valence-electron chi connectivity index (χ2n) is 0.755. The van der Waals surface area contributed by atoms with E-state index in [0.717, 1.165) is 0 Å². The number of rotatable bonds is 0. The molecule has 1 heterocycles. The van der Waals surface area contributed by atoms with E-state index in [9.17, 15) is 0 Å². The minimum atomic E-state index is -1.53. The van der Waals surface area contributed by atoms with E-state index in [4.69, 9.17) is 2.74 Å². The van der Waals surface area contributed by atoms with Gasteiger partial charge in [-0.25, -0.2) is 0 Å². The molecule has 5 heavy (non-hydrogen) atoms. The zero-order valence-corrected chi connectivity index (χ0v) is 2.73. The maximum absolute atomic E-state index is 6.81. The Bertz CT molecular complexity index is 65.3. The Morgan fingerprint density at radius 3 is 2.80 bits per heavy atom. The highest BCUT2D eigenvalue weighted by Gasteiger charge is 1.93. The first-order valence-electron chi connectivity index (χ1n) is 2.42. The highest BCUT2D eigenvalue weighted by Crippen LogP contribution is 1.85. The third kappa shape index (κ3) is 0.597. The molecule has 2 heteroatoms. The first-order valence-corrected chi connectivity index (χ1v) is 1.42. The van der Waals surface area contributed by atoms with Gasteiger partial charge >= 0.3 is 0 Å². The van der Waals surface area contributed by atoms with E-state index in [1.165, 1.54) is 0 Å². The predicted molar refractivity (Wildman–Crippen MR) is 16.8 cm³/mol. The van der Waals surface area contributed by atoms with Crippen molar-refractivity contribution >= 4 is 0 Å². The van der Waals surface area contributed by atoms with Gasteiger partial charge in [0.25, 0.3) is 0 Å². The van der Waals surface area contributed by atoms with Crippen molar-refractivity contribution in [3.05, 3.63) is 0 Å². The summed E-state index contributed by atoms with van der Waals surface area (Å²) in [6, 6.07) is 0. The topological polar surface area (TPSA) is 18.5 Å². The summed E-state index contributed by atoms with van der Waals surface area (Å²) in [5.74, 6) is 0. The molecular formula is C3H6O2. The number of hydrogen-bond acceptors (Lipinski definition) is 2. The number of ether oxygens (including phenoxy) is 2. The third-order valence-electron chi connectivity index (χ3n) is 0.405. The lowest BCUT2D eigenvalue weighted by Gasteiger charge is -1.76. The lowest BCUT2D eigenvalue weighted by atomic mass is 10.8. The summed E-state index contributed by atoms with van der Waals surface area (Å²) in [5, 5.41) is 0. The Kier molecular flexibility index (Phi) is 0.436. The van der Waals surface area contributed by atoms with Gasteiger partial charge in [0.05, 0.1) is 15.9 Å². The van der Waals surface area contributed by atoms with E-state index >= 15 is 0 Å². The Balaban J connectivity index is 2.40. The highest BCUT2D eigenvalue weighted by molar-refractivity contribution is 4.28. The summed E-state index contributed by atoms with van der Waals surface area (Å²) in [4.78, 5) is 0. The predicted octanol–water partition coefficient (Wildman–Crippen LogP) is -0.00930. The van der Waals surface area contributed by atoms with Crippen LogP contribution in [0.4, 0.5) is 0 Å². The van der Waals surface area contributed by atoms with Gasteiger partial charge in [-0.1, -0.05) is 0 Å². The molecule has 0 amide bonds. The van der Waals surface area contributed by atoms with Crippen molar-refractivity contribution in [3.8, 4) is 0 Å². The Hall–Kier alpha value is -0.0800. The van der Waals surface area contributed by atoms with Gasteiger partial charge in [-0.2, -0.15) is 0 Å². The van der Waals surface area contributed by atoms with Crippen LogP contribution in [0.15, 0.2) is 0 Å². The summed E-state index contributed by atoms with van der Waals surface area (Å²) >= 11 is 0. The van der Waals surface area contributed by atoms with E-state index in [0.29, 0.717) is 0 Å². The van der Waals surface area contributed by atoms with Crippen molar-refractivity contribution in [2.75, 3.05) is 20.0 Å². The molecule has 2 nitrogen and oxygen atoms in total. The van der Waals surface area contributed by atoms with Crippen LogP contribution in [0, 0.1) is 0 Å². The maximum atomic E-state index is 6.81. The Morgan fingerprint density at radius 2 is 2.60 bits per heavy atom. The Morgan fingerprint density at radius 1 is 1.60 bits per heavy atom. The first kappa shape index (κ1) is 1.58. The van der Waals surface area contributed by atoms with Crippen molar-refractivity contribution in [3.63, 3.8) is 0 Å². The summed E-state index contributed by atoms with van der Waals surface area (Å²) < 4.78 is 22.6. The van der Waals surface area contributed by atoms with Gasteiger partial charge in [0.15, 0.2) is 0 Å². The normalized spacial score (nSPS) is 40.0. The van der Waals surface area contributed by atoms with Crippen molar-refractivity contribution in [1.29, 1.82) is 0 Å². The molecular weight excluding hydrogens is 68.0 g/mol. The molecule has 0 atom stereocenters.